The number of fused-ring (bicyclic) bond motifs is 2. The number of H-pyrrole nitrogens is 2. The number of aromatic amines is 2. The molecule has 6 rings (SSSR count). The third kappa shape index (κ3) is 4.22. The van der Waals surface area contributed by atoms with E-state index in [1.807, 2.05) is 54.6 Å². The topological polar surface area (TPSA) is 103 Å². The number of nitrogens with one attached hydrogen (secondary N) is 2. The number of hydrogen-bond acceptors (Lipinski definition) is 4. The molecule has 4 aromatic carbocycles. The minimum absolute atomic E-state index is 0.00522. The number of nitriles is 1. The van der Waals surface area contributed by atoms with Crippen LogP contribution in [0, 0.1) is 17.9 Å². The molecule has 0 radical (unpaired) electrons. The lowest BCUT2D eigenvalue weighted by molar-refractivity contribution is 0.0993. The predicted octanol–water partition coefficient (Wildman–Crippen LogP) is 6.62. The number of imidazole rings is 2. The van der Waals surface area contributed by atoms with E-state index in [1.54, 1.807) is 30.3 Å². The number of ketones is 1. The molecular formula is C30H18N6O. The molecule has 0 aliphatic rings. The van der Waals surface area contributed by atoms with E-state index in [9.17, 15) is 4.79 Å². The van der Waals surface area contributed by atoms with Crippen LogP contribution in [0.5, 0.6) is 0 Å². The summed E-state index contributed by atoms with van der Waals surface area (Å²) in [6.07, 6.45) is 0.256. The highest BCUT2D eigenvalue weighted by Crippen LogP contribution is 2.25. The summed E-state index contributed by atoms with van der Waals surface area (Å²) in [5, 5.41) is 9.00. The van der Waals surface area contributed by atoms with Gasteiger partial charge in [-0.15, -0.1) is 0 Å². The molecule has 6 aromatic rings. The highest BCUT2D eigenvalue weighted by Gasteiger charge is 2.13. The standard InChI is InChI=1S/C30H18N6O/c1-32-23-10-7-21(8-11-23)30-34-25-13-9-22(16-27(25)36-30)28(37)15-19-4-12-24-26(14-19)35-29(33-24)20-5-2-18(17-31)3-6-20/h2-14,16H,15H2,(H,33,35)(H,34,36). The SMILES string of the molecule is [C-]#[N+]c1ccc(-c2nc3ccc(C(=O)Cc4ccc5nc(-c6ccc(C#N)cc6)[nH]c5c4)cc3[nH]2)cc1. The van der Waals surface area contributed by atoms with Crippen molar-refractivity contribution in [3.05, 3.63) is 113 Å². The number of carbonyl (C=O) groups excluding carboxylic acids is 1. The zero-order valence-electron chi connectivity index (χ0n) is 19.5. The fraction of sp³-hybridized carbons (Fsp3) is 0.0333. The van der Waals surface area contributed by atoms with Gasteiger partial charge in [0.05, 0.1) is 40.3 Å². The van der Waals surface area contributed by atoms with Crippen LogP contribution in [0.3, 0.4) is 0 Å². The van der Waals surface area contributed by atoms with E-state index >= 15 is 0 Å². The van der Waals surface area contributed by atoms with Gasteiger partial charge in [0, 0.05) is 23.1 Å². The zero-order valence-corrected chi connectivity index (χ0v) is 19.5. The molecule has 174 valence electrons. The fourth-order valence-corrected chi connectivity index (χ4v) is 4.31. The van der Waals surface area contributed by atoms with Crippen molar-refractivity contribution in [3.8, 4) is 28.8 Å². The highest BCUT2D eigenvalue weighted by molar-refractivity contribution is 6.00. The summed E-state index contributed by atoms with van der Waals surface area (Å²) in [4.78, 5) is 32.4. The average Bonchev–Trinajstić information content (AvgIpc) is 3.57. The molecule has 0 unspecified atom stereocenters. The Morgan fingerprint density at radius 2 is 1.41 bits per heavy atom. The molecule has 2 heterocycles. The Morgan fingerprint density at radius 3 is 2.03 bits per heavy atom. The van der Waals surface area contributed by atoms with Gasteiger partial charge in [-0.05, 0) is 60.2 Å². The summed E-state index contributed by atoms with van der Waals surface area (Å²) in [7, 11) is 0. The van der Waals surface area contributed by atoms with Gasteiger partial charge in [0.25, 0.3) is 0 Å². The van der Waals surface area contributed by atoms with Crippen LogP contribution in [-0.4, -0.2) is 25.7 Å². The first-order valence-electron chi connectivity index (χ1n) is 11.6. The van der Waals surface area contributed by atoms with E-state index in [0.29, 0.717) is 28.5 Å². The second-order valence-electron chi connectivity index (χ2n) is 8.70. The van der Waals surface area contributed by atoms with E-state index in [-0.39, 0.29) is 12.2 Å². The Labute approximate surface area is 211 Å². The number of Topliss-reactive ketones (excluding diaryl/α,β-unsaturated/α-hetero) is 1. The second kappa shape index (κ2) is 8.92. The number of aromatic nitrogens is 4. The molecule has 0 spiro atoms. The zero-order chi connectivity index (χ0) is 25.4. The summed E-state index contributed by atoms with van der Waals surface area (Å²) < 4.78 is 0. The number of nitrogens with zero attached hydrogens (tertiary/aromatic N) is 4. The first-order valence-corrected chi connectivity index (χ1v) is 11.6. The minimum atomic E-state index is 0.00522. The molecule has 0 amide bonds. The maximum atomic E-state index is 13.1. The van der Waals surface area contributed by atoms with Gasteiger partial charge in [-0.2, -0.15) is 5.26 Å². The molecular weight excluding hydrogens is 460 g/mol. The van der Waals surface area contributed by atoms with Crippen LogP contribution in [-0.2, 0) is 6.42 Å². The van der Waals surface area contributed by atoms with Gasteiger partial charge in [-0.3, -0.25) is 4.79 Å². The lowest BCUT2D eigenvalue weighted by atomic mass is 10.0. The van der Waals surface area contributed by atoms with E-state index in [1.165, 1.54) is 0 Å². The molecule has 2 aromatic heterocycles. The summed E-state index contributed by atoms with van der Waals surface area (Å²) >= 11 is 0. The molecule has 37 heavy (non-hydrogen) atoms. The molecule has 7 nitrogen and oxygen atoms in total. The Bertz CT molecular complexity index is 1880. The molecule has 0 aliphatic carbocycles. The predicted molar refractivity (Wildman–Crippen MR) is 142 cm³/mol. The molecule has 0 atom stereocenters. The Balaban J connectivity index is 1.23. The molecule has 0 fully saturated rings. The van der Waals surface area contributed by atoms with Crippen LogP contribution in [0.1, 0.15) is 21.5 Å². The summed E-state index contributed by atoms with van der Waals surface area (Å²) in [6.45, 7) is 7.10. The average molecular weight is 479 g/mol. The largest absolute Gasteiger partial charge is 0.338 e. The number of rotatable bonds is 5. The van der Waals surface area contributed by atoms with Crippen molar-refractivity contribution in [2.75, 3.05) is 0 Å². The third-order valence-electron chi connectivity index (χ3n) is 6.27. The van der Waals surface area contributed by atoms with Gasteiger partial charge in [0.15, 0.2) is 11.5 Å². The summed E-state index contributed by atoms with van der Waals surface area (Å²) in [6, 6.07) is 27.8. The van der Waals surface area contributed by atoms with Crippen molar-refractivity contribution in [3.63, 3.8) is 0 Å². The monoisotopic (exact) mass is 478 g/mol. The highest BCUT2D eigenvalue weighted by atomic mass is 16.1. The van der Waals surface area contributed by atoms with Gasteiger partial charge in [0.2, 0.25) is 0 Å². The van der Waals surface area contributed by atoms with E-state index in [0.717, 1.165) is 38.8 Å². The number of benzene rings is 4. The van der Waals surface area contributed by atoms with Gasteiger partial charge in [-0.1, -0.05) is 30.3 Å². The normalized spacial score (nSPS) is 10.9. The van der Waals surface area contributed by atoms with Crippen LogP contribution in [0.2, 0.25) is 0 Å². The molecule has 0 aliphatic heterocycles. The molecule has 0 saturated carbocycles. The van der Waals surface area contributed by atoms with E-state index < -0.39 is 0 Å². The summed E-state index contributed by atoms with van der Waals surface area (Å²) in [5.74, 6) is 1.41. The van der Waals surface area contributed by atoms with Crippen molar-refractivity contribution in [2.45, 2.75) is 6.42 Å². The van der Waals surface area contributed by atoms with Gasteiger partial charge >= 0.3 is 0 Å². The maximum absolute atomic E-state index is 13.1. The van der Waals surface area contributed by atoms with Crippen LogP contribution in [0.25, 0.3) is 49.7 Å². The lowest BCUT2D eigenvalue weighted by Gasteiger charge is -2.02. The minimum Gasteiger partial charge on any atom is -0.338 e. The molecule has 7 heteroatoms. The van der Waals surface area contributed by atoms with Crippen molar-refractivity contribution in [1.29, 1.82) is 5.26 Å². The Hall–Kier alpha value is -5.53. The maximum Gasteiger partial charge on any atom is 0.187 e. The Morgan fingerprint density at radius 1 is 0.811 bits per heavy atom. The third-order valence-corrected chi connectivity index (χ3v) is 6.27. The fourth-order valence-electron chi connectivity index (χ4n) is 4.31. The second-order valence-corrected chi connectivity index (χ2v) is 8.70. The number of hydrogen-bond donors (Lipinski definition) is 2. The smallest absolute Gasteiger partial charge is 0.187 e. The lowest BCUT2D eigenvalue weighted by Crippen LogP contribution is -2.03. The molecule has 2 N–H and O–H groups in total. The van der Waals surface area contributed by atoms with Gasteiger partial charge in [-0.25, -0.2) is 14.8 Å². The molecule has 0 saturated heterocycles. The summed E-state index contributed by atoms with van der Waals surface area (Å²) in [5.41, 5.74) is 7.65. The van der Waals surface area contributed by atoms with Crippen LogP contribution in [0.15, 0.2) is 84.9 Å². The first kappa shape index (κ1) is 22.0. The quantitative estimate of drug-likeness (QED) is 0.215. The van der Waals surface area contributed by atoms with Crippen LogP contribution in [0.4, 0.5) is 5.69 Å². The molecule has 0 bridgehead atoms. The van der Waals surface area contributed by atoms with Crippen molar-refractivity contribution >= 4 is 33.5 Å². The van der Waals surface area contributed by atoms with Crippen molar-refractivity contribution in [1.82, 2.24) is 19.9 Å². The van der Waals surface area contributed by atoms with Crippen LogP contribution >= 0.6 is 0 Å². The van der Waals surface area contributed by atoms with Crippen molar-refractivity contribution in [2.24, 2.45) is 0 Å². The first-order chi connectivity index (χ1) is 18.1. The van der Waals surface area contributed by atoms with Crippen molar-refractivity contribution < 1.29 is 4.79 Å². The Kier molecular flexibility index (Phi) is 5.30. The van der Waals surface area contributed by atoms with Gasteiger partial charge in [0.1, 0.15) is 11.6 Å². The van der Waals surface area contributed by atoms with E-state index in [2.05, 4.69) is 30.9 Å². The van der Waals surface area contributed by atoms with Gasteiger partial charge < -0.3 is 9.97 Å². The van der Waals surface area contributed by atoms with Crippen LogP contribution < -0.4 is 0 Å². The van der Waals surface area contributed by atoms with E-state index in [4.69, 9.17) is 11.8 Å². The number of carbonyl (C=O) groups is 1.